The summed E-state index contributed by atoms with van der Waals surface area (Å²) < 4.78 is 6.57. The highest BCUT2D eigenvalue weighted by Gasteiger charge is 2.18. The number of ether oxygens (including phenoxy) is 1. The smallest absolute Gasteiger partial charge is 0.161 e. The summed E-state index contributed by atoms with van der Waals surface area (Å²) in [4.78, 5) is 9.33. The Balaban J connectivity index is 2.11. The SMILES string of the molecule is CNc1nc(-c2ccc(C)c(Br)c2)nc2c1COCC2. The maximum Gasteiger partial charge on any atom is 0.161 e. The second-order valence-corrected chi connectivity index (χ2v) is 5.69. The molecule has 104 valence electrons. The Morgan fingerprint density at radius 3 is 2.90 bits per heavy atom. The van der Waals surface area contributed by atoms with Crippen molar-refractivity contribution >= 4 is 21.7 Å². The van der Waals surface area contributed by atoms with Gasteiger partial charge in [0.05, 0.1) is 18.9 Å². The summed E-state index contributed by atoms with van der Waals surface area (Å²) in [6.45, 7) is 3.38. The maximum absolute atomic E-state index is 5.49. The van der Waals surface area contributed by atoms with Gasteiger partial charge in [-0.05, 0) is 18.6 Å². The molecular formula is C15H16BrN3O. The third-order valence-electron chi connectivity index (χ3n) is 3.49. The van der Waals surface area contributed by atoms with Crippen LogP contribution in [0, 0.1) is 6.92 Å². The molecule has 0 amide bonds. The fourth-order valence-corrected chi connectivity index (χ4v) is 2.68. The highest BCUT2D eigenvalue weighted by molar-refractivity contribution is 9.10. The van der Waals surface area contributed by atoms with Crippen LogP contribution >= 0.6 is 15.9 Å². The molecule has 5 heteroatoms. The molecule has 20 heavy (non-hydrogen) atoms. The van der Waals surface area contributed by atoms with E-state index in [-0.39, 0.29) is 0 Å². The van der Waals surface area contributed by atoms with Crippen molar-refractivity contribution in [3.8, 4) is 11.4 Å². The standard InChI is InChI=1S/C15H16BrN3O/c1-9-3-4-10(7-12(9)16)14-18-13-5-6-20-8-11(13)15(17-2)19-14/h3-4,7H,5-6,8H2,1-2H3,(H,17,18,19). The Morgan fingerprint density at radius 2 is 2.15 bits per heavy atom. The Kier molecular flexibility index (Phi) is 3.72. The first-order chi connectivity index (χ1) is 9.69. The van der Waals surface area contributed by atoms with E-state index in [9.17, 15) is 0 Å². The summed E-state index contributed by atoms with van der Waals surface area (Å²) >= 11 is 3.56. The minimum atomic E-state index is 0.587. The lowest BCUT2D eigenvalue weighted by molar-refractivity contribution is 0.109. The minimum absolute atomic E-state index is 0.587. The van der Waals surface area contributed by atoms with Crippen LogP contribution in [0.3, 0.4) is 0 Å². The van der Waals surface area contributed by atoms with Gasteiger partial charge in [-0.2, -0.15) is 0 Å². The van der Waals surface area contributed by atoms with Crippen LogP contribution in [0.25, 0.3) is 11.4 Å². The number of hydrogen-bond acceptors (Lipinski definition) is 4. The molecule has 1 N–H and O–H groups in total. The van der Waals surface area contributed by atoms with Gasteiger partial charge < -0.3 is 10.1 Å². The highest BCUT2D eigenvalue weighted by Crippen LogP contribution is 2.28. The third kappa shape index (κ3) is 2.43. The lowest BCUT2D eigenvalue weighted by Crippen LogP contribution is -2.16. The predicted octanol–water partition coefficient (Wildman–Crippen LogP) is 3.33. The van der Waals surface area contributed by atoms with Gasteiger partial charge in [0, 0.05) is 29.1 Å². The van der Waals surface area contributed by atoms with Gasteiger partial charge in [-0.3, -0.25) is 0 Å². The van der Waals surface area contributed by atoms with E-state index in [1.807, 2.05) is 7.05 Å². The van der Waals surface area contributed by atoms with E-state index in [1.165, 1.54) is 5.56 Å². The molecule has 0 bridgehead atoms. The molecule has 0 atom stereocenters. The molecule has 0 fully saturated rings. The number of nitrogens with one attached hydrogen (secondary N) is 1. The zero-order chi connectivity index (χ0) is 14.1. The summed E-state index contributed by atoms with van der Waals surface area (Å²) in [5, 5.41) is 3.15. The molecule has 1 aromatic heterocycles. The molecule has 4 nitrogen and oxygen atoms in total. The Hall–Kier alpha value is -1.46. The van der Waals surface area contributed by atoms with Gasteiger partial charge in [-0.1, -0.05) is 28.1 Å². The van der Waals surface area contributed by atoms with E-state index in [0.29, 0.717) is 6.61 Å². The molecule has 0 radical (unpaired) electrons. The number of fused-ring (bicyclic) bond motifs is 1. The lowest BCUT2D eigenvalue weighted by atomic mass is 10.1. The Bertz CT molecular complexity index is 641. The van der Waals surface area contributed by atoms with Gasteiger partial charge in [-0.15, -0.1) is 0 Å². The van der Waals surface area contributed by atoms with E-state index in [0.717, 1.165) is 46.0 Å². The van der Waals surface area contributed by atoms with E-state index in [2.05, 4.69) is 51.4 Å². The van der Waals surface area contributed by atoms with Crippen molar-refractivity contribution in [2.75, 3.05) is 19.0 Å². The normalized spacial score (nSPS) is 13.9. The summed E-state index contributed by atoms with van der Waals surface area (Å²) in [7, 11) is 1.88. The predicted molar refractivity (Wildman–Crippen MR) is 82.8 cm³/mol. The largest absolute Gasteiger partial charge is 0.376 e. The number of aryl methyl sites for hydroxylation is 1. The van der Waals surface area contributed by atoms with Crippen LogP contribution in [0.15, 0.2) is 22.7 Å². The van der Waals surface area contributed by atoms with Crippen LogP contribution in [-0.2, 0) is 17.8 Å². The van der Waals surface area contributed by atoms with Gasteiger partial charge in [0.1, 0.15) is 5.82 Å². The molecule has 0 spiro atoms. The first-order valence-corrected chi connectivity index (χ1v) is 7.40. The zero-order valence-electron chi connectivity index (χ0n) is 11.5. The average Bonchev–Trinajstić information content (AvgIpc) is 2.49. The van der Waals surface area contributed by atoms with Gasteiger partial charge >= 0.3 is 0 Å². The van der Waals surface area contributed by atoms with Crippen molar-refractivity contribution in [1.29, 1.82) is 0 Å². The summed E-state index contributed by atoms with van der Waals surface area (Å²) in [6.07, 6.45) is 0.840. The molecule has 1 aliphatic rings. The first kappa shape index (κ1) is 13.5. The average molecular weight is 334 g/mol. The van der Waals surface area contributed by atoms with Crippen LogP contribution in [0.1, 0.15) is 16.8 Å². The number of nitrogens with zero attached hydrogens (tertiary/aromatic N) is 2. The van der Waals surface area contributed by atoms with Crippen LogP contribution in [-0.4, -0.2) is 23.6 Å². The second kappa shape index (κ2) is 5.50. The van der Waals surface area contributed by atoms with Crippen molar-refractivity contribution in [2.45, 2.75) is 20.0 Å². The quantitative estimate of drug-likeness (QED) is 0.915. The van der Waals surface area contributed by atoms with E-state index in [4.69, 9.17) is 9.72 Å². The molecule has 2 aromatic rings. The Morgan fingerprint density at radius 1 is 1.30 bits per heavy atom. The van der Waals surface area contributed by atoms with E-state index >= 15 is 0 Å². The molecule has 1 aliphatic heterocycles. The third-order valence-corrected chi connectivity index (χ3v) is 4.34. The number of halogens is 1. The van der Waals surface area contributed by atoms with Crippen LogP contribution < -0.4 is 5.32 Å². The van der Waals surface area contributed by atoms with Crippen molar-refractivity contribution in [2.24, 2.45) is 0 Å². The van der Waals surface area contributed by atoms with Gasteiger partial charge in [0.15, 0.2) is 5.82 Å². The number of anilines is 1. The highest BCUT2D eigenvalue weighted by atomic mass is 79.9. The van der Waals surface area contributed by atoms with Gasteiger partial charge in [-0.25, -0.2) is 9.97 Å². The molecule has 1 aromatic carbocycles. The minimum Gasteiger partial charge on any atom is -0.376 e. The van der Waals surface area contributed by atoms with Crippen molar-refractivity contribution in [1.82, 2.24) is 9.97 Å². The van der Waals surface area contributed by atoms with Crippen LogP contribution in [0.5, 0.6) is 0 Å². The fraction of sp³-hybridized carbons (Fsp3) is 0.333. The first-order valence-electron chi connectivity index (χ1n) is 6.61. The molecule has 3 rings (SSSR count). The van der Waals surface area contributed by atoms with Crippen LogP contribution in [0.4, 0.5) is 5.82 Å². The molecule has 2 heterocycles. The molecule has 0 saturated heterocycles. The second-order valence-electron chi connectivity index (χ2n) is 4.84. The number of hydrogen-bond donors (Lipinski definition) is 1. The van der Waals surface area contributed by atoms with Crippen LogP contribution in [0.2, 0.25) is 0 Å². The van der Waals surface area contributed by atoms with Gasteiger partial charge in [0.25, 0.3) is 0 Å². The van der Waals surface area contributed by atoms with E-state index in [1.54, 1.807) is 0 Å². The topological polar surface area (TPSA) is 47.0 Å². The zero-order valence-corrected chi connectivity index (χ0v) is 13.1. The monoisotopic (exact) mass is 333 g/mol. The molecule has 0 aliphatic carbocycles. The fourth-order valence-electron chi connectivity index (χ4n) is 2.30. The molecule has 0 unspecified atom stereocenters. The number of rotatable bonds is 2. The lowest BCUT2D eigenvalue weighted by Gasteiger charge is -2.19. The summed E-state index contributed by atoms with van der Waals surface area (Å²) in [5.41, 5.74) is 4.39. The van der Waals surface area contributed by atoms with Gasteiger partial charge in [0.2, 0.25) is 0 Å². The Labute approximate surface area is 126 Å². The summed E-state index contributed by atoms with van der Waals surface area (Å²) in [5.74, 6) is 1.62. The maximum atomic E-state index is 5.49. The van der Waals surface area contributed by atoms with Crippen molar-refractivity contribution < 1.29 is 4.74 Å². The summed E-state index contributed by atoms with van der Waals surface area (Å²) in [6, 6.07) is 6.20. The molecule has 0 saturated carbocycles. The van der Waals surface area contributed by atoms with Crippen molar-refractivity contribution in [3.05, 3.63) is 39.5 Å². The van der Waals surface area contributed by atoms with E-state index < -0.39 is 0 Å². The number of benzene rings is 1. The number of aromatic nitrogens is 2. The van der Waals surface area contributed by atoms with Crippen molar-refractivity contribution in [3.63, 3.8) is 0 Å². The molecular weight excluding hydrogens is 318 g/mol.